The third kappa shape index (κ3) is 7.15. The Labute approximate surface area is 91.8 Å². The molecule has 2 nitrogen and oxygen atoms in total. The zero-order valence-electron chi connectivity index (χ0n) is 6.86. The van der Waals surface area contributed by atoms with Crippen molar-refractivity contribution in [3.8, 4) is 0 Å². The highest BCUT2D eigenvalue weighted by molar-refractivity contribution is 8.22. The molecule has 12 heavy (non-hydrogen) atoms. The Hall–Kier alpha value is 0.480. The summed E-state index contributed by atoms with van der Waals surface area (Å²) in [5, 5.41) is 0. The lowest BCUT2D eigenvalue weighted by Crippen LogP contribution is -2.08. The van der Waals surface area contributed by atoms with Crippen LogP contribution in [0.4, 0.5) is 0 Å². The van der Waals surface area contributed by atoms with Gasteiger partial charge in [-0.2, -0.15) is 0 Å². The minimum atomic E-state index is 0.459. The summed E-state index contributed by atoms with van der Waals surface area (Å²) in [4.78, 5) is 0. The van der Waals surface area contributed by atoms with Gasteiger partial charge in [-0.3, -0.25) is 0 Å². The first-order valence-electron chi connectivity index (χ1n) is 3.12. The molecule has 0 spiro atoms. The first-order chi connectivity index (χ1) is 5.70. The summed E-state index contributed by atoms with van der Waals surface area (Å²) in [5.41, 5.74) is 0. The summed E-state index contributed by atoms with van der Waals surface area (Å²) in [6, 6.07) is 0. The second kappa shape index (κ2) is 8.10. The lowest BCUT2D eigenvalue weighted by atomic mass is 10.8. The Morgan fingerprint density at radius 3 is 1.58 bits per heavy atom. The molecule has 0 unspecified atom stereocenters. The Kier molecular flexibility index (Phi) is 8.42. The fourth-order valence-electron chi connectivity index (χ4n) is 0.368. The van der Waals surface area contributed by atoms with E-state index in [4.69, 9.17) is 33.9 Å². The van der Waals surface area contributed by atoms with Gasteiger partial charge in [0.25, 0.3) is 0 Å². The summed E-state index contributed by atoms with van der Waals surface area (Å²) >= 11 is 12.4. The Bertz CT molecular complexity index is 142. The van der Waals surface area contributed by atoms with Gasteiger partial charge in [0.05, 0.1) is 0 Å². The molecule has 0 aromatic carbocycles. The zero-order chi connectivity index (χ0) is 9.40. The van der Waals surface area contributed by atoms with Crippen LogP contribution in [0.3, 0.4) is 0 Å². The van der Waals surface area contributed by atoms with Crippen molar-refractivity contribution in [2.24, 2.45) is 0 Å². The van der Waals surface area contributed by atoms with Gasteiger partial charge >= 0.3 is 0 Å². The van der Waals surface area contributed by atoms with Crippen molar-refractivity contribution in [3.05, 3.63) is 0 Å². The first kappa shape index (κ1) is 12.5. The van der Waals surface area contributed by atoms with Crippen LogP contribution in [0.25, 0.3) is 0 Å². The van der Waals surface area contributed by atoms with Crippen molar-refractivity contribution < 1.29 is 9.47 Å². The topological polar surface area (TPSA) is 18.5 Å². The number of hydrogen-bond donors (Lipinski definition) is 0. The molecule has 0 N–H and O–H groups in total. The maximum absolute atomic E-state index is 5.09. The predicted molar refractivity (Wildman–Crippen MR) is 64.1 cm³/mol. The molecule has 0 rings (SSSR count). The molecular weight excluding hydrogens is 232 g/mol. The molecule has 0 atom stereocenters. The molecule has 0 aliphatic heterocycles. The molecule has 0 heterocycles. The molecule has 0 radical (unpaired) electrons. The fraction of sp³-hybridized carbons (Fsp3) is 0.667. The van der Waals surface area contributed by atoms with E-state index in [9.17, 15) is 0 Å². The molecule has 70 valence electrons. The Morgan fingerprint density at radius 2 is 1.33 bits per heavy atom. The maximum atomic E-state index is 5.09. The van der Waals surface area contributed by atoms with Crippen LogP contribution in [-0.4, -0.2) is 34.5 Å². The van der Waals surface area contributed by atoms with Gasteiger partial charge < -0.3 is 9.47 Å². The highest BCUT2D eigenvalue weighted by atomic mass is 32.2. The van der Waals surface area contributed by atoms with Gasteiger partial charge in [-0.1, -0.05) is 23.5 Å². The third-order valence-electron chi connectivity index (χ3n) is 0.856. The van der Waals surface area contributed by atoms with Gasteiger partial charge in [-0.15, -0.1) is 0 Å². The summed E-state index contributed by atoms with van der Waals surface area (Å²) in [6.45, 7) is 0.917. The highest BCUT2D eigenvalue weighted by Crippen LogP contribution is 2.01. The van der Waals surface area contributed by atoms with E-state index in [0.29, 0.717) is 22.0 Å². The summed E-state index contributed by atoms with van der Waals surface area (Å²) in [6.07, 6.45) is 3.74. The summed E-state index contributed by atoms with van der Waals surface area (Å²) in [5.74, 6) is 0. The first-order valence-corrected chi connectivity index (χ1v) is 6.38. The monoisotopic (exact) mass is 242 g/mol. The van der Waals surface area contributed by atoms with Crippen molar-refractivity contribution >= 4 is 56.7 Å². The highest BCUT2D eigenvalue weighted by Gasteiger charge is 1.96. The summed E-state index contributed by atoms with van der Waals surface area (Å²) in [7, 11) is 0. The molecule has 0 aromatic heterocycles. The third-order valence-corrected chi connectivity index (χ3v) is 2.99. The lowest BCUT2D eigenvalue weighted by molar-refractivity contribution is 0.217. The molecule has 0 aliphatic carbocycles. The molecule has 0 fully saturated rings. The van der Waals surface area contributed by atoms with E-state index < -0.39 is 0 Å². The molecule has 0 amide bonds. The Morgan fingerprint density at radius 1 is 1.00 bits per heavy atom. The average molecular weight is 242 g/mol. The molecule has 0 saturated heterocycles. The Balaban J connectivity index is 3.21. The van der Waals surface area contributed by atoms with Crippen molar-refractivity contribution in [2.75, 3.05) is 25.7 Å². The summed E-state index contributed by atoms with van der Waals surface area (Å²) < 4.78 is 11.2. The fourth-order valence-corrected chi connectivity index (χ4v) is 0.937. The van der Waals surface area contributed by atoms with Gasteiger partial charge in [0, 0.05) is 0 Å². The standard InChI is InChI=1S/C6H10O2S4/c1-11-5(9)7-3-4-8-6(10)12-2/h3-4H2,1-2H3. The quantitative estimate of drug-likeness (QED) is 0.554. The van der Waals surface area contributed by atoms with E-state index in [2.05, 4.69) is 0 Å². The van der Waals surface area contributed by atoms with Crippen molar-refractivity contribution in [3.63, 3.8) is 0 Å². The van der Waals surface area contributed by atoms with E-state index in [1.54, 1.807) is 0 Å². The van der Waals surface area contributed by atoms with E-state index in [1.165, 1.54) is 23.5 Å². The van der Waals surface area contributed by atoms with Gasteiger partial charge in [-0.05, 0) is 36.9 Å². The molecule has 6 heteroatoms. The SMILES string of the molecule is CSC(=S)OCCOC(=S)SC. The predicted octanol–water partition coefficient (Wildman–Crippen LogP) is 2.32. The number of thiocarbonyl (C=S) groups is 2. The number of thioether (sulfide) groups is 2. The van der Waals surface area contributed by atoms with Crippen molar-refractivity contribution in [1.29, 1.82) is 0 Å². The van der Waals surface area contributed by atoms with Gasteiger partial charge in [0.15, 0.2) is 0 Å². The van der Waals surface area contributed by atoms with E-state index in [1.807, 2.05) is 12.5 Å². The van der Waals surface area contributed by atoms with Crippen LogP contribution in [0.5, 0.6) is 0 Å². The molecule has 0 bridgehead atoms. The second-order valence-corrected chi connectivity index (χ2v) is 4.42. The minimum Gasteiger partial charge on any atom is -0.475 e. The van der Waals surface area contributed by atoms with Gasteiger partial charge in [-0.25, -0.2) is 0 Å². The smallest absolute Gasteiger partial charge is 0.219 e. The molecular formula is C6H10O2S4. The van der Waals surface area contributed by atoms with Crippen molar-refractivity contribution in [2.45, 2.75) is 0 Å². The van der Waals surface area contributed by atoms with Crippen LogP contribution in [0, 0.1) is 0 Å². The lowest BCUT2D eigenvalue weighted by Gasteiger charge is -2.06. The van der Waals surface area contributed by atoms with Crippen LogP contribution in [0.15, 0.2) is 0 Å². The minimum absolute atomic E-state index is 0.459. The zero-order valence-corrected chi connectivity index (χ0v) is 10.1. The second-order valence-electron chi connectivity index (χ2n) is 1.61. The average Bonchev–Trinajstić information content (AvgIpc) is 2.11. The number of ether oxygens (including phenoxy) is 2. The van der Waals surface area contributed by atoms with E-state index in [0.717, 1.165) is 0 Å². The molecule has 0 aliphatic rings. The van der Waals surface area contributed by atoms with Crippen LogP contribution < -0.4 is 0 Å². The largest absolute Gasteiger partial charge is 0.475 e. The van der Waals surface area contributed by atoms with Crippen LogP contribution in [-0.2, 0) is 9.47 Å². The van der Waals surface area contributed by atoms with Crippen LogP contribution in [0.1, 0.15) is 0 Å². The normalized spacial score (nSPS) is 9.17. The molecule has 0 aromatic rings. The van der Waals surface area contributed by atoms with Crippen LogP contribution >= 0.6 is 48.0 Å². The molecule has 0 saturated carbocycles. The van der Waals surface area contributed by atoms with Gasteiger partial charge in [0.1, 0.15) is 13.2 Å². The van der Waals surface area contributed by atoms with E-state index >= 15 is 0 Å². The van der Waals surface area contributed by atoms with Crippen molar-refractivity contribution in [1.82, 2.24) is 0 Å². The van der Waals surface area contributed by atoms with Crippen LogP contribution in [0.2, 0.25) is 0 Å². The van der Waals surface area contributed by atoms with E-state index in [-0.39, 0.29) is 0 Å². The number of rotatable bonds is 3. The number of hydrogen-bond acceptors (Lipinski definition) is 6. The maximum Gasteiger partial charge on any atom is 0.219 e. The van der Waals surface area contributed by atoms with Gasteiger partial charge in [0.2, 0.25) is 8.77 Å².